The van der Waals surface area contributed by atoms with Crippen molar-refractivity contribution in [3.05, 3.63) is 71.3 Å². The van der Waals surface area contributed by atoms with Gasteiger partial charge in [-0.15, -0.1) is 0 Å². The fourth-order valence-corrected chi connectivity index (χ4v) is 3.36. The summed E-state index contributed by atoms with van der Waals surface area (Å²) in [6, 6.07) is 17.8. The molecule has 0 heterocycles. The molecule has 3 rings (SSSR count). The van der Waals surface area contributed by atoms with Gasteiger partial charge < -0.3 is 15.2 Å². The molecule has 0 aromatic heterocycles. The van der Waals surface area contributed by atoms with Crippen LogP contribution in [-0.2, 0) is 34.1 Å². The lowest BCUT2D eigenvalue weighted by atomic mass is 9.66. The van der Waals surface area contributed by atoms with E-state index < -0.39 is 11.4 Å². The van der Waals surface area contributed by atoms with Gasteiger partial charge in [-0.2, -0.15) is 0 Å². The first-order valence-corrected chi connectivity index (χ1v) is 9.28. The molecule has 5 nitrogen and oxygen atoms in total. The van der Waals surface area contributed by atoms with Crippen molar-refractivity contribution < 1.29 is 19.4 Å². The van der Waals surface area contributed by atoms with Gasteiger partial charge in [0.25, 0.3) is 0 Å². The monoisotopic (exact) mass is 367 g/mol. The molecule has 0 radical (unpaired) electrons. The zero-order chi connectivity index (χ0) is 19.1. The maximum atomic E-state index is 12.2. The summed E-state index contributed by atoms with van der Waals surface area (Å²) in [5, 5.41) is 12.2. The van der Waals surface area contributed by atoms with Crippen LogP contribution in [-0.4, -0.2) is 17.0 Å². The van der Waals surface area contributed by atoms with E-state index in [0.29, 0.717) is 32.6 Å². The Morgan fingerprint density at radius 2 is 1.63 bits per heavy atom. The molecule has 142 valence electrons. The van der Waals surface area contributed by atoms with E-state index in [2.05, 4.69) is 5.32 Å². The minimum Gasteiger partial charge on any atom is -0.481 e. The van der Waals surface area contributed by atoms with Crippen LogP contribution >= 0.6 is 0 Å². The Morgan fingerprint density at radius 1 is 0.963 bits per heavy atom. The Bertz CT molecular complexity index is 784. The van der Waals surface area contributed by atoms with Gasteiger partial charge in [0.2, 0.25) is 5.91 Å². The average Bonchev–Trinajstić information content (AvgIpc) is 2.64. The number of rotatable bonds is 9. The van der Waals surface area contributed by atoms with E-state index in [4.69, 9.17) is 4.74 Å². The van der Waals surface area contributed by atoms with Crippen molar-refractivity contribution in [1.82, 2.24) is 5.32 Å². The van der Waals surface area contributed by atoms with Crippen LogP contribution in [0.1, 0.15) is 42.4 Å². The number of carboxylic acids is 1. The summed E-state index contributed by atoms with van der Waals surface area (Å²) in [4.78, 5) is 23.6. The number of hydrogen-bond donors (Lipinski definition) is 2. The Balaban J connectivity index is 1.51. The van der Waals surface area contributed by atoms with E-state index in [1.807, 2.05) is 54.6 Å². The van der Waals surface area contributed by atoms with Crippen LogP contribution < -0.4 is 5.32 Å². The number of nitrogens with one attached hydrogen (secondary N) is 1. The van der Waals surface area contributed by atoms with E-state index in [-0.39, 0.29) is 12.3 Å². The molecule has 1 fully saturated rings. The van der Waals surface area contributed by atoms with Crippen molar-refractivity contribution in [2.75, 3.05) is 0 Å². The van der Waals surface area contributed by atoms with Crippen LogP contribution in [0, 0.1) is 5.41 Å². The fourth-order valence-electron chi connectivity index (χ4n) is 3.36. The summed E-state index contributed by atoms with van der Waals surface area (Å²) in [5.41, 5.74) is 2.26. The lowest BCUT2D eigenvalue weighted by molar-refractivity contribution is -0.157. The van der Waals surface area contributed by atoms with Crippen LogP contribution in [0.15, 0.2) is 54.6 Å². The molecule has 0 spiro atoms. The second kappa shape index (κ2) is 8.82. The Kier molecular flexibility index (Phi) is 6.24. The minimum atomic E-state index is -0.862. The number of ether oxygens (including phenoxy) is 1. The quantitative estimate of drug-likeness (QED) is 0.709. The highest BCUT2D eigenvalue weighted by atomic mass is 16.5. The van der Waals surface area contributed by atoms with Gasteiger partial charge >= 0.3 is 5.97 Å². The third-order valence-corrected chi connectivity index (χ3v) is 5.23. The second-order valence-corrected chi connectivity index (χ2v) is 7.14. The number of carbonyl (C=O) groups is 2. The van der Waals surface area contributed by atoms with E-state index in [1.54, 1.807) is 0 Å². The first kappa shape index (κ1) is 19.1. The molecule has 0 bridgehead atoms. The summed E-state index contributed by atoms with van der Waals surface area (Å²) in [6.07, 6.45) is 2.09. The van der Waals surface area contributed by atoms with Gasteiger partial charge in [-0.25, -0.2) is 0 Å². The Labute approximate surface area is 159 Å². The van der Waals surface area contributed by atoms with Gasteiger partial charge in [0.05, 0.1) is 18.6 Å². The first-order chi connectivity index (χ1) is 13.1. The first-order valence-electron chi connectivity index (χ1n) is 9.28. The highest BCUT2D eigenvalue weighted by molar-refractivity contribution is 5.85. The standard InChI is InChI=1S/C22H25NO4/c24-20(13-22(21(25)26)11-6-12-22)23-14-18-9-4-5-10-19(18)16-27-15-17-7-2-1-3-8-17/h1-5,7-10H,6,11-16H2,(H,23,24)(H,25,26). The molecule has 2 aromatic rings. The number of hydrogen-bond acceptors (Lipinski definition) is 3. The van der Waals surface area contributed by atoms with Crippen molar-refractivity contribution in [3.63, 3.8) is 0 Å². The van der Waals surface area contributed by atoms with Crippen LogP contribution in [0.5, 0.6) is 0 Å². The van der Waals surface area contributed by atoms with Crippen LogP contribution in [0.3, 0.4) is 0 Å². The zero-order valence-corrected chi connectivity index (χ0v) is 15.3. The molecule has 1 amide bonds. The van der Waals surface area contributed by atoms with Gasteiger partial charge in [0, 0.05) is 13.0 Å². The molecular formula is C22H25NO4. The van der Waals surface area contributed by atoms with Crippen molar-refractivity contribution in [3.8, 4) is 0 Å². The molecule has 2 N–H and O–H groups in total. The maximum absolute atomic E-state index is 12.2. The highest BCUT2D eigenvalue weighted by Gasteiger charge is 2.45. The second-order valence-electron chi connectivity index (χ2n) is 7.14. The molecule has 0 atom stereocenters. The summed E-state index contributed by atoms with van der Waals surface area (Å²) in [5.74, 6) is -1.07. The SMILES string of the molecule is O=C(CC1(C(=O)O)CCC1)NCc1ccccc1COCc1ccccc1. The van der Waals surface area contributed by atoms with Gasteiger partial charge in [0.1, 0.15) is 0 Å². The summed E-state index contributed by atoms with van der Waals surface area (Å²) in [7, 11) is 0. The molecular weight excluding hydrogens is 342 g/mol. The Hall–Kier alpha value is -2.66. The molecule has 0 saturated heterocycles. The fraction of sp³-hybridized carbons (Fsp3) is 0.364. The molecule has 5 heteroatoms. The predicted octanol–water partition coefficient (Wildman–Crippen LogP) is 3.66. The van der Waals surface area contributed by atoms with Gasteiger partial charge in [-0.3, -0.25) is 9.59 Å². The normalized spacial score (nSPS) is 15.0. The molecule has 1 aliphatic carbocycles. The van der Waals surface area contributed by atoms with Crippen LogP contribution in [0.4, 0.5) is 0 Å². The molecule has 0 unspecified atom stereocenters. The number of aliphatic carboxylic acids is 1. The molecule has 2 aromatic carbocycles. The van der Waals surface area contributed by atoms with Crippen molar-refractivity contribution in [1.29, 1.82) is 0 Å². The number of amides is 1. The van der Waals surface area contributed by atoms with Gasteiger partial charge in [-0.05, 0) is 29.5 Å². The molecule has 0 aliphatic heterocycles. The van der Waals surface area contributed by atoms with Crippen LogP contribution in [0.25, 0.3) is 0 Å². The van der Waals surface area contributed by atoms with E-state index in [9.17, 15) is 14.7 Å². The number of carbonyl (C=O) groups excluding carboxylic acids is 1. The number of carboxylic acid groups (broad SMARTS) is 1. The predicted molar refractivity (Wildman–Crippen MR) is 102 cm³/mol. The largest absolute Gasteiger partial charge is 0.481 e. The van der Waals surface area contributed by atoms with Crippen molar-refractivity contribution in [2.24, 2.45) is 5.41 Å². The average molecular weight is 367 g/mol. The van der Waals surface area contributed by atoms with Gasteiger partial charge in [0.15, 0.2) is 0 Å². The summed E-state index contributed by atoms with van der Waals surface area (Å²) < 4.78 is 5.80. The molecule has 27 heavy (non-hydrogen) atoms. The van der Waals surface area contributed by atoms with E-state index in [0.717, 1.165) is 23.1 Å². The lowest BCUT2D eigenvalue weighted by Crippen LogP contribution is -2.42. The highest BCUT2D eigenvalue weighted by Crippen LogP contribution is 2.44. The third kappa shape index (κ3) is 4.95. The Morgan fingerprint density at radius 3 is 2.26 bits per heavy atom. The smallest absolute Gasteiger partial charge is 0.310 e. The van der Waals surface area contributed by atoms with E-state index in [1.165, 1.54) is 0 Å². The molecule has 1 saturated carbocycles. The van der Waals surface area contributed by atoms with E-state index >= 15 is 0 Å². The third-order valence-electron chi connectivity index (χ3n) is 5.23. The zero-order valence-electron chi connectivity index (χ0n) is 15.3. The summed E-state index contributed by atoms with van der Waals surface area (Å²) in [6.45, 7) is 1.36. The lowest BCUT2D eigenvalue weighted by Gasteiger charge is -2.36. The topological polar surface area (TPSA) is 75.6 Å². The maximum Gasteiger partial charge on any atom is 0.310 e. The molecule has 1 aliphatic rings. The van der Waals surface area contributed by atoms with Crippen molar-refractivity contribution in [2.45, 2.75) is 45.4 Å². The number of benzene rings is 2. The van der Waals surface area contributed by atoms with Crippen LogP contribution in [0.2, 0.25) is 0 Å². The van der Waals surface area contributed by atoms with Crippen molar-refractivity contribution >= 4 is 11.9 Å². The minimum absolute atomic E-state index is 0.0506. The van der Waals surface area contributed by atoms with Gasteiger partial charge in [-0.1, -0.05) is 61.0 Å². The summed E-state index contributed by atoms with van der Waals surface area (Å²) >= 11 is 0.